The fourth-order valence-corrected chi connectivity index (χ4v) is 0.981. The van der Waals surface area contributed by atoms with Crippen molar-refractivity contribution in [3.05, 3.63) is 0 Å². The van der Waals surface area contributed by atoms with Gasteiger partial charge in [0.25, 0.3) is 0 Å². The van der Waals surface area contributed by atoms with Gasteiger partial charge in [0.15, 0.2) is 0 Å². The van der Waals surface area contributed by atoms with E-state index in [0.717, 1.165) is 0 Å². The number of aliphatic hydroxyl groups excluding tert-OH is 2. The molecule has 0 aliphatic heterocycles. The van der Waals surface area contributed by atoms with Crippen molar-refractivity contribution in [3.8, 4) is 0 Å². The number of methoxy groups -OCH3 is 1. The zero-order chi connectivity index (χ0) is 11.5. The number of hydrogen-bond acceptors (Lipinski definition) is 5. The second kappa shape index (κ2) is 10.3. The SMILES string of the molecule is CCC(O)CNCC(O)COCCOC. The molecule has 0 spiro atoms. The Morgan fingerprint density at radius 1 is 1.13 bits per heavy atom. The highest BCUT2D eigenvalue weighted by Crippen LogP contribution is 1.88. The maximum atomic E-state index is 9.42. The van der Waals surface area contributed by atoms with Gasteiger partial charge in [-0.15, -0.1) is 0 Å². The lowest BCUT2D eigenvalue weighted by molar-refractivity contribution is 0.0128. The van der Waals surface area contributed by atoms with Crippen molar-refractivity contribution < 1.29 is 19.7 Å². The summed E-state index contributed by atoms with van der Waals surface area (Å²) in [4.78, 5) is 0. The Morgan fingerprint density at radius 3 is 2.40 bits per heavy atom. The molecule has 0 saturated heterocycles. The molecule has 3 N–H and O–H groups in total. The molecule has 0 radical (unpaired) electrons. The zero-order valence-corrected chi connectivity index (χ0v) is 9.61. The average molecular weight is 221 g/mol. The van der Waals surface area contributed by atoms with Gasteiger partial charge in [0.2, 0.25) is 0 Å². The maximum absolute atomic E-state index is 9.42. The third-order valence-electron chi connectivity index (χ3n) is 1.97. The van der Waals surface area contributed by atoms with Crippen molar-refractivity contribution in [2.45, 2.75) is 25.6 Å². The quantitative estimate of drug-likeness (QED) is 0.429. The maximum Gasteiger partial charge on any atom is 0.0897 e. The molecule has 0 amide bonds. The molecule has 15 heavy (non-hydrogen) atoms. The Kier molecular flexibility index (Phi) is 10.2. The summed E-state index contributed by atoms with van der Waals surface area (Å²) in [7, 11) is 1.60. The number of hydrogen-bond donors (Lipinski definition) is 3. The Bertz CT molecular complexity index is 135. The van der Waals surface area contributed by atoms with Gasteiger partial charge in [-0.2, -0.15) is 0 Å². The molecule has 0 rings (SSSR count). The largest absolute Gasteiger partial charge is 0.392 e. The Balaban J connectivity index is 3.21. The monoisotopic (exact) mass is 221 g/mol. The van der Waals surface area contributed by atoms with Crippen molar-refractivity contribution in [1.82, 2.24) is 5.32 Å². The van der Waals surface area contributed by atoms with Crippen LogP contribution >= 0.6 is 0 Å². The van der Waals surface area contributed by atoms with Gasteiger partial charge in [-0.05, 0) is 6.42 Å². The number of aliphatic hydroxyl groups is 2. The van der Waals surface area contributed by atoms with E-state index in [1.807, 2.05) is 6.92 Å². The lowest BCUT2D eigenvalue weighted by Gasteiger charge is -2.14. The van der Waals surface area contributed by atoms with Crippen molar-refractivity contribution >= 4 is 0 Å². The lowest BCUT2D eigenvalue weighted by atomic mass is 10.3. The van der Waals surface area contributed by atoms with Gasteiger partial charge in [0.05, 0.1) is 32.0 Å². The van der Waals surface area contributed by atoms with Crippen LogP contribution in [0, 0.1) is 0 Å². The molecule has 0 aromatic heterocycles. The summed E-state index contributed by atoms with van der Waals surface area (Å²) in [6, 6.07) is 0. The molecule has 0 aliphatic rings. The Labute approximate surface area is 91.4 Å². The van der Waals surface area contributed by atoms with E-state index in [9.17, 15) is 10.2 Å². The van der Waals surface area contributed by atoms with Gasteiger partial charge < -0.3 is 25.0 Å². The summed E-state index contributed by atoms with van der Waals surface area (Å²) in [6.45, 7) is 4.17. The van der Waals surface area contributed by atoms with Gasteiger partial charge in [-0.25, -0.2) is 0 Å². The van der Waals surface area contributed by atoms with Gasteiger partial charge >= 0.3 is 0 Å². The van der Waals surface area contributed by atoms with Crippen LogP contribution in [0.5, 0.6) is 0 Å². The molecule has 0 aromatic rings. The number of nitrogens with one attached hydrogen (secondary N) is 1. The fourth-order valence-electron chi connectivity index (χ4n) is 0.981. The highest BCUT2D eigenvalue weighted by molar-refractivity contribution is 4.62. The van der Waals surface area contributed by atoms with Gasteiger partial charge in [0, 0.05) is 20.2 Å². The zero-order valence-electron chi connectivity index (χ0n) is 9.61. The standard InChI is InChI=1S/C10H23NO4/c1-3-9(12)6-11-7-10(13)8-15-5-4-14-2/h9-13H,3-8H2,1-2H3. The van der Waals surface area contributed by atoms with Crippen LogP contribution in [0.4, 0.5) is 0 Å². The van der Waals surface area contributed by atoms with Crippen molar-refractivity contribution in [1.29, 1.82) is 0 Å². The second-order valence-electron chi connectivity index (χ2n) is 3.44. The molecule has 0 saturated carbocycles. The summed E-state index contributed by atoms with van der Waals surface area (Å²) in [5, 5.41) is 21.6. The van der Waals surface area contributed by atoms with E-state index < -0.39 is 6.10 Å². The van der Waals surface area contributed by atoms with Crippen LogP contribution in [-0.4, -0.2) is 62.4 Å². The van der Waals surface area contributed by atoms with Crippen LogP contribution in [0.1, 0.15) is 13.3 Å². The molecule has 0 heterocycles. The third-order valence-corrected chi connectivity index (χ3v) is 1.97. The first-order valence-corrected chi connectivity index (χ1v) is 5.34. The molecule has 0 bridgehead atoms. The lowest BCUT2D eigenvalue weighted by Crippen LogP contribution is -2.35. The summed E-state index contributed by atoms with van der Waals surface area (Å²) in [5.41, 5.74) is 0. The molecule has 0 fully saturated rings. The Hall–Kier alpha value is -0.200. The van der Waals surface area contributed by atoms with Crippen molar-refractivity contribution in [2.24, 2.45) is 0 Å². The van der Waals surface area contributed by atoms with E-state index in [0.29, 0.717) is 39.3 Å². The molecule has 92 valence electrons. The Morgan fingerprint density at radius 2 is 1.80 bits per heavy atom. The topological polar surface area (TPSA) is 71.0 Å². The molecule has 0 aromatic carbocycles. The number of ether oxygens (including phenoxy) is 2. The minimum absolute atomic E-state index is 0.290. The highest BCUT2D eigenvalue weighted by atomic mass is 16.5. The first-order chi connectivity index (χ1) is 7.20. The molecular weight excluding hydrogens is 198 g/mol. The first kappa shape index (κ1) is 14.8. The number of rotatable bonds is 10. The van der Waals surface area contributed by atoms with E-state index in [-0.39, 0.29) is 6.10 Å². The van der Waals surface area contributed by atoms with Crippen LogP contribution < -0.4 is 5.32 Å². The average Bonchev–Trinajstić information content (AvgIpc) is 2.24. The normalized spacial score (nSPS) is 15.2. The third kappa shape index (κ3) is 10.1. The first-order valence-electron chi connectivity index (χ1n) is 5.34. The fraction of sp³-hybridized carbons (Fsp3) is 1.00. The van der Waals surface area contributed by atoms with E-state index in [2.05, 4.69) is 5.32 Å². The van der Waals surface area contributed by atoms with Gasteiger partial charge in [-0.3, -0.25) is 0 Å². The van der Waals surface area contributed by atoms with Gasteiger partial charge in [-0.1, -0.05) is 6.92 Å². The van der Waals surface area contributed by atoms with Crippen molar-refractivity contribution in [3.63, 3.8) is 0 Å². The minimum Gasteiger partial charge on any atom is -0.392 e. The minimum atomic E-state index is -0.536. The predicted molar refractivity (Wildman–Crippen MR) is 57.9 cm³/mol. The van der Waals surface area contributed by atoms with Crippen LogP contribution in [0.2, 0.25) is 0 Å². The second-order valence-corrected chi connectivity index (χ2v) is 3.44. The van der Waals surface area contributed by atoms with Crippen LogP contribution in [0.15, 0.2) is 0 Å². The molecule has 5 nitrogen and oxygen atoms in total. The van der Waals surface area contributed by atoms with Crippen LogP contribution in [-0.2, 0) is 9.47 Å². The van der Waals surface area contributed by atoms with E-state index in [1.54, 1.807) is 7.11 Å². The van der Waals surface area contributed by atoms with E-state index in [1.165, 1.54) is 0 Å². The van der Waals surface area contributed by atoms with Crippen LogP contribution in [0.25, 0.3) is 0 Å². The van der Waals surface area contributed by atoms with Crippen LogP contribution in [0.3, 0.4) is 0 Å². The van der Waals surface area contributed by atoms with E-state index in [4.69, 9.17) is 9.47 Å². The molecule has 2 atom stereocenters. The summed E-state index contributed by atoms with van der Waals surface area (Å²) in [6.07, 6.45) is -0.162. The summed E-state index contributed by atoms with van der Waals surface area (Å²) in [5.74, 6) is 0. The molecule has 2 unspecified atom stereocenters. The highest BCUT2D eigenvalue weighted by Gasteiger charge is 2.05. The molecule has 0 aliphatic carbocycles. The molecular formula is C10H23NO4. The van der Waals surface area contributed by atoms with Crippen molar-refractivity contribution in [2.75, 3.05) is 40.0 Å². The van der Waals surface area contributed by atoms with E-state index >= 15 is 0 Å². The molecule has 5 heteroatoms. The summed E-state index contributed by atoms with van der Waals surface area (Å²) >= 11 is 0. The van der Waals surface area contributed by atoms with Gasteiger partial charge in [0.1, 0.15) is 0 Å². The smallest absolute Gasteiger partial charge is 0.0897 e. The summed E-state index contributed by atoms with van der Waals surface area (Å²) < 4.78 is 9.94. The predicted octanol–water partition coefficient (Wildman–Crippen LogP) is -0.629.